The van der Waals surface area contributed by atoms with Crippen molar-refractivity contribution in [2.45, 2.75) is 20.8 Å². The van der Waals surface area contributed by atoms with Crippen LogP contribution in [0, 0.1) is 20.8 Å². The molecule has 0 aliphatic rings. The van der Waals surface area contributed by atoms with Crippen LogP contribution >= 0.6 is 0 Å². The number of hydrogen-bond acceptors (Lipinski definition) is 3. The number of nitrogens with two attached hydrogens (primary N) is 1. The van der Waals surface area contributed by atoms with Gasteiger partial charge >= 0.3 is 0 Å². The fraction of sp³-hybridized carbons (Fsp3) is 0.188. The number of nitrogen functional groups attached to an aromatic ring is 1. The molecule has 96 valence electrons. The van der Waals surface area contributed by atoms with Crippen molar-refractivity contribution in [2.75, 3.05) is 5.73 Å². The maximum absolute atomic E-state index is 6.01. The van der Waals surface area contributed by atoms with E-state index in [9.17, 15) is 0 Å². The molecule has 3 aromatic rings. The zero-order valence-corrected chi connectivity index (χ0v) is 11.3. The number of hydrogen-bond donors (Lipinski definition) is 1. The summed E-state index contributed by atoms with van der Waals surface area (Å²) in [5.41, 5.74) is 12.7. The Balaban J connectivity index is 2.26. The zero-order valence-electron chi connectivity index (χ0n) is 11.3. The van der Waals surface area contributed by atoms with Crippen LogP contribution in [0.1, 0.15) is 16.7 Å². The van der Waals surface area contributed by atoms with Crippen LogP contribution in [0.2, 0.25) is 0 Å². The van der Waals surface area contributed by atoms with Gasteiger partial charge in [0.05, 0.1) is 5.56 Å². The zero-order chi connectivity index (χ0) is 13.6. The maximum atomic E-state index is 6.01. The summed E-state index contributed by atoms with van der Waals surface area (Å²) in [6.07, 6.45) is 0. The van der Waals surface area contributed by atoms with Crippen molar-refractivity contribution in [1.82, 2.24) is 4.98 Å². The van der Waals surface area contributed by atoms with Crippen molar-refractivity contribution < 1.29 is 4.42 Å². The van der Waals surface area contributed by atoms with Gasteiger partial charge < -0.3 is 10.2 Å². The van der Waals surface area contributed by atoms with Gasteiger partial charge in [-0.3, -0.25) is 0 Å². The quantitative estimate of drug-likeness (QED) is 0.666. The van der Waals surface area contributed by atoms with Gasteiger partial charge in [-0.25, -0.2) is 4.98 Å². The van der Waals surface area contributed by atoms with Gasteiger partial charge in [0.1, 0.15) is 5.52 Å². The normalized spacial score (nSPS) is 11.1. The fourth-order valence-electron chi connectivity index (χ4n) is 2.35. The Morgan fingerprint density at radius 3 is 2.58 bits per heavy atom. The highest BCUT2D eigenvalue weighted by molar-refractivity contribution is 5.82. The number of rotatable bonds is 1. The summed E-state index contributed by atoms with van der Waals surface area (Å²) in [5.74, 6) is 0.588. The van der Waals surface area contributed by atoms with Crippen LogP contribution in [0.25, 0.3) is 22.6 Å². The second-order valence-electron chi connectivity index (χ2n) is 5.04. The summed E-state index contributed by atoms with van der Waals surface area (Å²) < 4.78 is 5.88. The molecule has 0 spiro atoms. The van der Waals surface area contributed by atoms with Crippen molar-refractivity contribution in [3.63, 3.8) is 0 Å². The summed E-state index contributed by atoms with van der Waals surface area (Å²) in [6.45, 7) is 6.12. The second-order valence-corrected chi connectivity index (χ2v) is 5.04. The molecule has 2 N–H and O–H groups in total. The Bertz CT molecular complexity index is 772. The van der Waals surface area contributed by atoms with Crippen LogP contribution in [0.5, 0.6) is 0 Å². The van der Waals surface area contributed by atoms with E-state index >= 15 is 0 Å². The molecule has 0 unspecified atom stereocenters. The van der Waals surface area contributed by atoms with Gasteiger partial charge in [0, 0.05) is 5.69 Å². The fourth-order valence-corrected chi connectivity index (χ4v) is 2.35. The average Bonchev–Trinajstić information content (AvgIpc) is 2.76. The van der Waals surface area contributed by atoms with Crippen LogP contribution in [-0.4, -0.2) is 4.98 Å². The molecule has 3 heteroatoms. The number of fused-ring (bicyclic) bond motifs is 1. The molecule has 0 aliphatic heterocycles. The van der Waals surface area contributed by atoms with Crippen molar-refractivity contribution in [1.29, 1.82) is 0 Å². The largest absolute Gasteiger partial charge is 0.436 e. The molecule has 0 bridgehead atoms. The van der Waals surface area contributed by atoms with E-state index in [-0.39, 0.29) is 0 Å². The van der Waals surface area contributed by atoms with E-state index in [1.54, 1.807) is 0 Å². The monoisotopic (exact) mass is 252 g/mol. The third-order valence-electron chi connectivity index (χ3n) is 3.26. The van der Waals surface area contributed by atoms with E-state index in [2.05, 4.69) is 18.0 Å². The molecule has 0 atom stereocenters. The van der Waals surface area contributed by atoms with Gasteiger partial charge in [-0.1, -0.05) is 17.7 Å². The molecule has 1 aromatic heterocycles. The van der Waals surface area contributed by atoms with Crippen molar-refractivity contribution in [2.24, 2.45) is 0 Å². The van der Waals surface area contributed by atoms with E-state index in [1.165, 1.54) is 5.56 Å². The first-order chi connectivity index (χ1) is 9.04. The first-order valence-corrected chi connectivity index (χ1v) is 6.29. The van der Waals surface area contributed by atoms with E-state index in [4.69, 9.17) is 10.2 Å². The number of oxazole rings is 1. The molecular formula is C16H16N2O. The molecule has 1 heterocycles. The molecule has 0 amide bonds. The summed E-state index contributed by atoms with van der Waals surface area (Å²) in [6, 6.07) is 10.00. The van der Waals surface area contributed by atoms with Gasteiger partial charge in [0.25, 0.3) is 0 Å². The molecule has 0 saturated carbocycles. The smallest absolute Gasteiger partial charge is 0.229 e. The van der Waals surface area contributed by atoms with Crippen molar-refractivity contribution in [3.8, 4) is 11.5 Å². The van der Waals surface area contributed by atoms with Crippen LogP contribution < -0.4 is 5.73 Å². The second kappa shape index (κ2) is 4.12. The first-order valence-electron chi connectivity index (χ1n) is 6.29. The van der Waals surface area contributed by atoms with E-state index in [0.717, 1.165) is 27.8 Å². The van der Waals surface area contributed by atoms with Crippen molar-refractivity contribution >= 4 is 16.8 Å². The molecule has 0 radical (unpaired) electrons. The summed E-state index contributed by atoms with van der Waals surface area (Å²) in [4.78, 5) is 4.56. The molecule has 0 saturated heterocycles. The van der Waals surface area contributed by atoms with Crippen LogP contribution in [-0.2, 0) is 0 Å². The lowest BCUT2D eigenvalue weighted by atomic mass is 10.1. The molecule has 3 rings (SSSR count). The lowest BCUT2D eigenvalue weighted by molar-refractivity contribution is 0.617. The minimum absolute atomic E-state index is 0.588. The predicted molar refractivity (Wildman–Crippen MR) is 78.1 cm³/mol. The third-order valence-corrected chi connectivity index (χ3v) is 3.26. The number of aromatic nitrogens is 1. The molecule has 19 heavy (non-hydrogen) atoms. The Morgan fingerprint density at radius 2 is 1.79 bits per heavy atom. The van der Waals surface area contributed by atoms with Crippen LogP contribution in [0.3, 0.4) is 0 Å². The minimum Gasteiger partial charge on any atom is -0.436 e. The maximum Gasteiger partial charge on any atom is 0.229 e. The average molecular weight is 252 g/mol. The Morgan fingerprint density at radius 1 is 1.00 bits per heavy atom. The Kier molecular flexibility index (Phi) is 2.56. The number of nitrogens with zero attached hydrogens (tertiary/aromatic N) is 1. The van der Waals surface area contributed by atoms with Crippen LogP contribution in [0.15, 0.2) is 34.7 Å². The highest BCUT2D eigenvalue weighted by atomic mass is 16.3. The van der Waals surface area contributed by atoms with Crippen molar-refractivity contribution in [3.05, 3.63) is 47.0 Å². The van der Waals surface area contributed by atoms with Gasteiger partial charge in [0.2, 0.25) is 5.89 Å². The van der Waals surface area contributed by atoms with Crippen LogP contribution in [0.4, 0.5) is 5.69 Å². The molecule has 3 nitrogen and oxygen atoms in total. The molecule has 2 aromatic carbocycles. The van der Waals surface area contributed by atoms with E-state index < -0.39 is 0 Å². The number of benzene rings is 2. The third kappa shape index (κ3) is 1.97. The van der Waals surface area contributed by atoms with E-state index in [0.29, 0.717) is 11.6 Å². The standard InChI is InChI=1S/C16H16N2O/c1-9-4-5-13(17)12(7-9)16-18-14-8-10(2)6-11(3)15(14)19-16/h4-8H,17H2,1-3H3. The summed E-state index contributed by atoms with van der Waals surface area (Å²) in [7, 11) is 0. The van der Waals surface area contributed by atoms with E-state index in [1.807, 2.05) is 38.1 Å². The SMILES string of the molecule is Cc1ccc(N)c(-c2nc3cc(C)cc(C)c3o2)c1. The van der Waals surface area contributed by atoms with Gasteiger partial charge in [0.15, 0.2) is 5.58 Å². The summed E-state index contributed by atoms with van der Waals surface area (Å²) in [5, 5.41) is 0. The Hall–Kier alpha value is -2.29. The molecular weight excluding hydrogens is 236 g/mol. The topological polar surface area (TPSA) is 52.0 Å². The summed E-state index contributed by atoms with van der Waals surface area (Å²) >= 11 is 0. The number of aryl methyl sites for hydroxylation is 3. The highest BCUT2D eigenvalue weighted by Gasteiger charge is 2.13. The van der Waals surface area contributed by atoms with Gasteiger partial charge in [-0.15, -0.1) is 0 Å². The highest BCUT2D eigenvalue weighted by Crippen LogP contribution is 2.31. The first kappa shape index (κ1) is 11.8. The minimum atomic E-state index is 0.588. The number of anilines is 1. The predicted octanol–water partition coefficient (Wildman–Crippen LogP) is 4.00. The lowest BCUT2D eigenvalue weighted by Gasteiger charge is -2.02. The lowest BCUT2D eigenvalue weighted by Crippen LogP contribution is -1.90. The molecule has 0 fully saturated rings. The Labute approximate surface area is 112 Å². The van der Waals surface area contributed by atoms with Gasteiger partial charge in [-0.05, 0) is 50.1 Å². The molecule has 0 aliphatic carbocycles. The van der Waals surface area contributed by atoms with Gasteiger partial charge in [-0.2, -0.15) is 0 Å².